The molecule has 11 heavy (non-hydrogen) atoms. The predicted octanol–water partition coefficient (Wildman–Crippen LogP) is 3.00. The first kappa shape index (κ1) is 13.3. The fourth-order valence-corrected chi connectivity index (χ4v) is 0. The summed E-state index contributed by atoms with van der Waals surface area (Å²) in [5.41, 5.74) is 0.0556. The number of hydrogen-bond donors (Lipinski definition) is 1. The van der Waals surface area contributed by atoms with Crippen molar-refractivity contribution in [1.82, 2.24) is 0 Å². The van der Waals surface area contributed by atoms with Crippen LogP contribution in [0.5, 0.6) is 0 Å². The maximum atomic E-state index is 8.89. The standard InChI is InChI=1S/C6H14O.C4H8/c1-5(7)6(2,3)4;1-3-4-2/h5,7H,1-4H3;3-4H,1-2H3. The maximum Gasteiger partial charge on any atom is 0.0560 e. The van der Waals surface area contributed by atoms with Gasteiger partial charge in [-0.25, -0.2) is 0 Å². The molecule has 0 aromatic heterocycles. The lowest BCUT2D eigenvalue weighted by Crippen LogP contribution is -2.21. The molecule has 1 atom stereocenters. The Bertz CT molecular complexity index is 91.9. The number of aliphatic hydroxyl groups excluding tert-OH is 1. The zero-order chi connectivity index (χ0) is 9.49. The Balaban J connectivity index is 0. The minimum Gasteiger partial charge on any atom is -0.393 e. The second-order valence-electron chi connectivity index (χ2n) is 3.71. The Hall–Kier alpha value is -0.300. The fourth-order valence-electron chi connectivity index (χ4n) is 0. The van der Waals surface area contributed by atoms with E-state index in [1.807, 2.05) is 46.8 Å². The van der Waals surface area contributed by atoms with Crippen molar-refractivity contribution >= 4 is 0 Å². The topological polar surface area (TPSA) is 20.2 Å². The lowest BCUT2D eigenvalue weighted by Gasteiger charge is -2.21. The third kappa shape index (κ3) is 12.8. The van der Waals surface area contributed by atoms with Gasteiger partial charge in [0.1, 0.15) is 0 Å². The van der Waals surface area contributed by atoms with Crippen molar-refractivity contribution in [2.24, 2.45) is 5.41 Å². The molecule has 0 heterocycles. The minimum atomic E-state index is -0.201. The molecule has 0 spiro atoms. The summed E-state index contributed by atoms with van der Waals surface area (Å²) in [4.78, 5) is 0. The average molecular weight is 158 g/mol. The molecule has 0 saturated heterocycles. The molecule has 0 aliphatic rings. The summed E-state index contributed by atoms with van der Waals surface area (Å²) < 4.78 is 0. The largest absolute Gasteiger partial charge is 0.393 e. The quantitative estimate of drug-likeness (QED) is 0.537. The smallest absolute Gasteiger partial charge is 0.0560 e. The van der Waals surface area contributed by atoms with Crippen molar-refractivity contribution in [3.63, 3.8) is 0 Å². The average Bonchev–Trinajstić information content (AvgIpc) is 1.87. The van der Waals surface area contributed by atoms with Gasteiger partial charge in [-0.2, -0.15) is 0 Å². The molecule has 0 amide bonds. The van der Waals surface area contributed by atoms with E-state index >= 15 is 0 Å². The van der Waals surface area contributed by atoms with Gasteiger partial charge in [0.15, 0.2) is 0 Å². The van der Waals surface area contributed by atoms with E-state index in [-0.39, 0.29) is 11.5 Å². The van der Waals surface area contributed by atoms with E-state index < -0.39 is 0 Å². The first-order valence-electron chi connectivity index (χ1n) is 4.11. The van der Waals surface area contributed by atoms with Crippen LogP contribution in [0.25, 0.3) is 0 Å². The van der Waals surface area contributed by atoms with E-state index in [1.54, 1.807) is 6.92 Å². The number of hydrogen-bond acceptors (Lipinski definition) is 1. The van der Waals surface area contributed by atoms with Gasteiger partial charge in [0.25, 0.3) is 0 Å². The first-order valence-corrected chi connectivity index (χ1v) is 4.11. The molecule has 0 aromatic carbocycles. The van der Waals surface area contributed by atoms with Gasteiger partial charge in [0.2, 0.25) is 0 Å². The summed E-state index contributed by atoms with van der Waals surface area (Å²) in [5, 5.41) is 8.89. The predicted molar refractivity (Wildman–Crippen MR) is 51.6 cm³/mol. The minimum absolute atomic E-state index is 0.0556. The molecule has 1 N–H and O–H groups in total. The van der Waals surface area contributed by atoms with Crippen LogP contribution in [-0.2, 0) is 0 Å². The van der Waals surface area contributed by atoms with E-state index in [1.165, 1.54) is 0 Å². The molecule has 68 valence electrons. The highest BCUT2D eigenvalue weighted by Crippen LogP contribution is 2.17. The van der Waals surface area contributed by atoms with Crippen LogP contribution in [-0.4, -0.2) is 11.2 Å². The second-order valence-corrected chi connectivity index (χ2v) is 3.71. The van der Waals surface area contributed by atoms with Gasteiger partial charge in [-0.1, -0.05) is 32.9 Å². The van der Waals surface area contributed by atoms with Crippen LogP contribution >= 0.6 is 0 Å². The normalized spacial score (nSPS) is 14.1. The van der Waals surface area contributed by atoms with E-state index in [4.69, 9.17) is 5.11 Å². The van der Waals surface area contributed by atoms with Crippen molar-refractivity contribution in [3.8, 4) is 0 Å². The van der Waals surface area contributed by atoms with Gasteiger partial charge in [0.05, 0.1) is 6.10 Å². The molecule has 0 aliphatic heterocycles. The summed E-state index contributed by atoms with van der Waals surface area (Å²) in [6, 6.07) is 0. The molecule has 0 bridgehead atoms. The zero-order valence-electron chi connectivity index (χ0n) is 8.68. The van der Waals surface area contributed by atoms with Gasteiger partial charge >= 0.3 is 0 Å². The van der Waals surface area contributed by atoms with Crippen LogP contribution in [0.1, 0.15) is 41.5 Å². The third-order valence-corrected chi connectivity index (χ3v) is 1.59. The highest BCUT2D eigenvalue weighted by molar-refractivity contribution is 4.68. The van der Waals surface area contributed by atoms with Crippen molar-refractivity contribution in [3.05, 3.63) is 12.2 Å². The monoisotopic (exact) mass is 158 g/mol. The molecule has 1 unspecified atom stereocenters. The Morgan fingerprint density at radius 1 is 1.09 bits per heavy atom. The number of rotatable bonds is 0. The van der Waals surface area contributed by atoms with E-state index in [0.29, 0.717) is 0 Å². The van der Waals surface area contributed by atoms with Crippen LogP contribution in [0, 0.1) is 5.41 Å². The SMILES string of the molecule is CC(O)C(C)(C)C.CC=CC. The molecule has 1 heteroatoms. The summed E-state index contributed by atoms with van der Waals surface area (Å²) in [5.74, 6) is 0. The molecule has 0 fully saturated rings. The van der Waals surface area contributed by atoms with Crippen molar-refractivity contribution < 1.29 is 5.11 Å². The van der Waals surface area contributed by atoms with Crippen LogP contribution in [0.3, 0.4) is 0 Å². The molecular weight excluding hydrogens is 136 g/mol. The van der Waals surface area contributed by atoms with E-state index in [9.17, 15) is 0 Å². The molecule has 0 radical (unpaired) electrons. The fraction of sp³-hybridized carbons (Fsp3) is 0.800. The van der Waals surface area contributed by atoms with Crippen molar-refractivity contribution in [1.29, 1.82) is 0 Å². The molecular formula is C10H22O. The molecule has 0 aliphatic carbocycles. The van der Waals surface area contributed by atoms with E-state index in [0.717, 1.165) is 0 Å². The van der Waals surface area contributed by atoms with Gasteiger partial charge in [-0.15, -0.1) is 0 Å². The van der Waals surface area contributed by atoms with Gasteiger partial charge in [-0.3, -0.25) is 0 Å². The maximum absolute atomic E-state index is 8.89. The van der Waals surface area contributed by atoms with Crippen molar-refractivity contribution in [2.45, 2.75) is 47.6 Å². The van der Waals surface area contributed by atoms with Crippen molar-refractivity contribution in [2.75, 3.05) is 0 Å². The number of aliphatic hydroxyl groups is 1. The van der Waals surface area contributed by atoms with Crippen LogP contribution < -0.4 is 0 Å². The Morgan fingerprint density at radius 3 is 1.27 bits per heavy atom. The van der Waals surface area contributed by atoms with Gasteiger partial charge < -0.3 is 5.11 Å². The molecule has 0 aromatic rings. The second kappa shape index (κ2) is 6.41. The summed E-state index contributed by atoms with van der Waals surface area (Å²) in [6.45, 7) is 11.8. The Morgan fingerprint density at radius 2 is 1.27 bits per heavy atom. The van der Waals surface area contributed by atoms with Crippen LogP contribution in [0.4, 0.5) is 0 Å². The zero-order valence-corrected chi connectivity index (χ0v) is 8.68. The third-order valence-electron chi connectivity index (χ3n) is 1.59. The number of allylic oxidation sites excluding steroid dienone is 2. The van der Waals surface area contributed by atoms with Gasteiger partial charge in [-0.05, 0) is 26.2 Å². The molecule has 0 saturated carbocycles. The summed E-state index contributed by atoms with van der Waals surface area (Å²) in [6.07, 6.45) is 3.80. The van der Waals surface area contributed by atoms with Crippen LogP contribution in [0.15, 0.2) is 12.2 Å². The van der Waals surface area contributed by atoms with Gasteiger partial charge in [0, 0.05) is 0 Å². The Kier molecular flexibility index (Phi) is 7.75. The Labute approximate surface area is 71.1 Å². The van der Waals surface area contributed by atoms with E-state index in [2.05, 4.69) is 0 Å². The van der Waals surface area contributed by atoms with Crippen LogP contribution in [0.2, 0.25) is 0 Å². The molecule has 1 nitrogen and oxygen atoms in total. The first-order chi connectivity index (χ1) is 4.86. The molecule has 0 rings (SSSR count). The highest BCUT2D eigenvalue weighted by atomic mass is 16.3. The lowest BCUT2D eigenvalue weighted by atomic mass is 9.91. The highest BCUT2D eigenvalue weighted by Gasteiger charge is 2.15. The summed E-state index contributed by atoms with van der Waals surface area (Å²) in [7, 11) is 0. The summed E-state index contributed by atoms with van der Waals surface area (Å²) >= 11 is 0. The lowest BCUT2D eigenvalue weighted by molar-refractivity contribution is 0.0801.